The predicted octanol–water partition coefficient (Wildman–Crippen LogP) is 2.92. The fourth-order valence-electron chi connectivity index (χ4n) is 1.83. The van der Waals surface area contributed by atoms with E-state index in [0.717, 1.165) is 4.47 Å². The smallest absolute Gasteiger partial charge is 0.331 e. The molecule has 1 heterocycles. The van der Waals surface area contributed by atoms with Gasteiger partial charge in [0, 0.05) is 16.1 Å². The van der Waals surface area contributed by atoms with Gasteiger partial charge >= 0.3 is 5.97 Å². The summed E-state index contributed by atoms with van der Waals surface area (Å²) in [6.45, 7) is -0.117. The lowest BCUT2D eigenvalue weighted by Gasteiger charge is -2.05. The first-order chi connectivity index (χ1) is 11.6. The maximum absolute atomic E-state index is 11.7. The van der Waals surface area contributed by atoms with Crippen LogP contribution in [-0.4, -0.2) is 25.6 Å². The zero-order valence-corrected chi connectivity index (χ0v) is 14.5. The Bertz CT molecular complexity index is 725. The van der Waals surface area contributed by atoms with E-state index in [2.05, 4.69) is 21.2 Å². The third-order valence-corrected chi connectivity index (χ3v) is 3.47. The highest BCUT2D eigenvalue weighted by molar-refractivity contribution is 9.10. The Labute approximate surface area is 147 Å². The number of esters is 1. The molecule has 7 heteroatoms. The molecule has 1 N–H and O–H groups in total. The normalized spacial score (nSPS) is 10.6. The van der Waals surface area contributed by atoms with E-state index in [-0.39, 0.29) is 13.2 Å². The second kappa shape index (κ2) is 8.93. The zero-order chi connectivity index (χ0) is 17.4. The minimum atomic E-state index is -0.620. The van der Waals surface area contributed by atoms with Gasteiger partial charge in [0.1, 0.15) is 11.5 Å². The fourth-order valence-corrected chi connectivity index (χ4v) is 2.21. The van der Waals surface area contributed by atoms with Crippen molar-refractivity contribution in [1.82, 2.24) is 5.32 Å². The third kappa shape index (κ3) is 5.58. The van der Waals surface area contributed by atoms with E-state index in [1.165, 1.54) is 12.3 Å². The van der Waals surface area contributed by atoms with Crippen LogP contribution in [0.25, 0.3) is 6.08 Å². The van der Waals surface area contributed by atoms with Crippen LogP contribution in [0.3, 0.4) is 0 Å². The first-order valence-electron chi connectivity index (χ1n) is 7.06. The first-order valence-corrected chi connectivity index (χ1v) is 7.85. The van der Waals surface area contributed by atoms with Crippen molar-refractivity contribution in [2.24, 2.45) is 0 Å². The lowest BCUT2D eigenvalue weighted by molar-refractivity contribution is -0.143. The summed E-state index contributed by atoms with van der Waals surface area (Å²) in [6.07, 6.45) is 4.32. The number of carbonyl (C=O) groups is 2. The molecule has 0 fully saturated rings. The Hall–Kier alpha value is -2.54. The van der Waals surface area contributed by atoms with Gasteiger partial charge in [-0.15, -0.1) is 0 Å². The molecule has 0 aliphatic rings. The van der Waals surface area contributed by atoms with Crippen LogP contribution in [0.15, 0.2) is 51.6 Å². The highest BCUT2D eigenvalue weighted by atomic mass is 79.9. The zero-order valence-electron chi connectivity index (χ0n) is 13.0. The number of ether oxygens (including phenoxy) is 2. The van der Waals surface area contributed by atoms with Crippen molar-refractivity contribution in [3.63, 3.8) is 0 Å². The summed E-state index contributed by atoms with van der Waals surface area (Å²) in [7, 11) is 1.54. The Morgan fingerprint density at radius 3 is 2.88 bits per heavy atom. The van der Waals surface area contributed by atoms with Crippen LogP contribution in [0.4, 0.5) is 0 Å². The SMILES string of the molecule is COc1ccc(Br)cc1/C=C/C(=O)OCC(=O)NCc1ccco1. The molecule has 0 saturated heterocycles. The maximum atomic E-state index is 11.7. The fraction of sp³-hybridized carbons (Fsp3) is 0.176. The Morgan fingerprint density at radius 2 is 2.17 bits per heavy atom. The maximum Gasteiger partial charge on any atom is 0.331 e. The van der Waals surface area contributed by atoms with Crippen molar-refractivity contribution in [3.8, 4) is 5.75 Å². The van der Waals surface area contributed by atoms with Gasteiger partial charge in [-0.05, 0) is 36.4 Å². The second-order valence-electron chi connectivity index (χ2n) is 4.68. The summed E-state index contributed by atoms with van der Waals surface area (Å²) in [5, 5.41) is 2.58. The Kier molecular flexibility index (Phi) is 6.62. The summed E-state index contributed by atoms with van der Waals surface area (Å²) in [4.78, 5) is 23.3. The topological polar surface area (TPSA) is 77.8 Å². The molecule has 0 atom stereocenters. The van der Waals surface area contributed by atoms with Crippen LogP contribution >= 0.6 is 15.9 Å². The number of furan rings is 1. The van der Waals surface area contributed by atoms with Gasteiger partial charge in [-0.25, -0.2) is 4.79 Å². The largest absolute Gasteiger partial charge is 0.496 e. The molecule has 24 heavy (non-hydrogen) atoms. The lowest BCUT2D eigenvalue weighted by Crippen LogP contribution is -2.27. The van der Waals surface area contributed by atoms with Gasteiger partial charge < -0.3 is 19.2 Å². The summed E-state index contributed by atoms with van der Waals surface area (Å²) in [5.41, 5.74) is 0.714. The van der Waals surface area contributed by atoms with Crippen LogP contribution in [0.5, 0.6) is 5.75 Å². The first kappa shape index (κ1) is 17.8. The van der Waals surface area contributed by atoms with Gasteiger partial charge in [0.15, 0.2) is 6.61 Å². The van der Waals surface area contributed by atoms with E-state index in [4.69, 9.17) is 13.9 Å². The molecule has 0 spiro atoms. The van der Waals surface area contributed by atoms with Gasteiger partial charge in [-0.1, -0.05) is 15.9 Å². The standard InChI is InChI=1S/C17H16BrNO5/c1-22-15-6-5-13(18)9-12(15)4-7-17(21)24-11-16(20)19-10-14-3-2-8-23-14/h2-9H,10-11H2,1H3,(H,19,20)/b7-4+. The van der Waals surface area contributed by atoms with E-state index < -0.39 is 11.9 Å². The Morgan fingerprint density at radius 1 is 1.33 bits per heavy atom. The number of carbonyl (C=O) groups excluding carboxylic acids is 2. The van der Waals surface area contributed by atoms with E-state index in [1.807, 2.05) is 6.07 Å². The third-order valence-electron chi connectivity index (χ3n) is 2.98. The van der Waals surface area contributed by atoms with Crippen molar-refractivity contribution >= 4 is 33.9 Å². The van der Waals surface area contributed by atoms with Crippen LogP contribution in [0.2, 0.25) is 0 Å². The summed E-state index contributed by atoms with van der Waals surface area (Å²) in [5.74, 6) is 0.216. The minimum Gasteiger partial charge on any atom is -0.496 e. The molecule has 1 aromatic carbocycles. The molecular weight excluding hydrogens is 378 g/mol. The quantitative estimate of drug-likeness (QED) is 0.577. The highest BCUT2D eigenvalue weighted by Gasteiger charge is 2.06. The number of rotatable bonds is 7. The number of amides is 1. The number of halogens is 1. The van der Waals surface area contributed by atoms with E-state index in [9.17, 15) is 9.59 Å². The molecule has 6 nitrogen and oxygen atoms in total. The van der Waals surface area contributed by atoms with Crippen molar-refractivity contribution in [2.45, 2.75) is 6.54 Å². The van der Waals surface area contributed by atoms with E-state index >= 15 is 0 Å². The molecule has 2 aromatic rings. The molecule has 0 saturated carbocycles. The molecule has 0 aliphatic carbocycles. The summed E-state index contributed by atoms with van der Waals surface area (Å²) >= 11 is 3.35. The summed E-state index contributed by atoms with van der Waals surface area (Å²) in [6, 6.07) is 8.87. The molecule has 0 unspecified atom stereocenters. The van der Waals surface area contributed by atoms with Crippen molar-refractivity contribution in [3.05, 3.63) is 58.5 Å². The van der Waals surface area contributed by atoms with Crippen LogP contribution < -0.4 is 10.1 Å². The number of hydrogen-bond acceptors (Lipinski definition) is 5. The molecule has 2 rings (SSSR count). The van der Waals surface area contributed by atoms with Gasteiger partial charge in [0.2, 0.25) is 0 Å². The van der Waals surface area contributed by atoms with Crippen LogP contribution in [0.1, 0.15) is 11.3 Å². The molecule has 0 bridgehead atoms. The van der Waals surface area contributed by atoms with Crippen LogP contribution in [-0.2, 0) is 20.9 Å². The van der Waals surface area contributed by atoms with Gasteiger partial charge in [-0.2, -0.15) is 0 Å². The number of hydrogen-bond donors (Lipinski definition) is 1. The van der Waals surface area contributed by atoms with Crippen LogP contribution in [0, 0.1) is 0 Å². The van der Waals surface area contributed by atoms with Crippen molar-refractivity contribution in [1.29, 1.82) is 0 Å². The molecule has 0 aliphatic heterocycles. The molecule has 1 amide bonds. The average Bonchev–Trinajstić information content (AvgIpc) is 3.10. The average molecular weight is 394 g/mol. The lowest BCUT2D eigenvalue weighted by atomic mass is 10.2. The highest BCUT2D eigenvalue weighted by Crippen LogP contribution is 2.24. The second-order valence-corrected chi connectivity index (χ2v) is 5.60. The van der Waals surface area contributed by atoms with Gasteiger partial charge in [-0.3, -0.25) is 4.79 Å². The van der Waals surface area contributed by atoms with Crippen molar-refractivity contribution < 1.29 is 23.5 Å². The molecule has 0 radical (unpaired) electrons. The van der Waals surface area contributed by atoms with Gasteiger partial charge in [0.05, 0.1) is 19.9 Å². The minimum absolute atomic E-state index is 0.245. The molecule has 1 aromatic heterocycles. The predicted molar refractivity (Wildman–Crippen MR) is 91.2 cm³/mol. The molecule has 126 valence electrons. The van der Waals surface area contributed by atoms with E-state index in [1.54, 1.807) is 37.5 Å². The van der Waals surface area contributed by atoms with Gasteiger partial charge in [0.25, 0.3) is 5.91 Å². The summed E-state index contributed by atoms with van der Waals surface area (Å²) < 4.78 is 16.0. The molecular formula is C17H16BrNO5. The number of methoxy groups -OCH3 is 1. The monoisotopic (exact) mass is 393 g/mol. The number of benzene rings is 1. The Balaban J connectivity index is 1.80. The van der Waals surface area contributed by atoms with E-state index in [0.29, 0.717) is 17.1 Å². The number of nitrogens with one attached hydrogen (secondary N) is 1. The van der Waals surface area contributed by atoms with Crippen molar-refractivity contribution in [2.75, 3.05) is 13.7 Å².